The van der Waals surface area contributed by atoms with Gasteiger partial charge in [0, 0.05) is 47.6 Å². The van der Waals surface area contributed by atoms with Crippen molar-refractivity contribution in [2.45, 2.75) is 44.3 Å². The summed E-state index contributed by atoms with van der Waals surface area (Å²) in [5, 5.41) is 16.5. The van der Waals surface area contributed by atoms with E-state index in [9.17, 15) is 27.1 Å². The first-order chi connectivity index (χ1) is 17.5. The molecule has 2 atom stereocenters. The zero-order chi connectivity index (χ0) is 26.4. The summed E-state index contributed by atoms with van der Waals surface area (Å²) >= 11 is 1.37. The van der Waals surface area contributed by atoms with Crippen molar-refractivity contribution in [2.24, 2.45) is 0 Å². The molecule has 37 heavy (non-hydrogen) atoms. The predicted molar refractivity (Wildman–Crippen MR) is 126 cm³/mol. The summed E-state index contributed by atoms with van der Waals surface area (Å²) in [6.45, 7) is 2.56. The molecule has 1 aliphatic heterocycles. The van der Waals surface area contributed by atoms with Crippen LogP contribution in [0.1, 0.15) is 28.6 Å². The Kier molecular flexibility index (Phi) is 6.59. The van der Waals surface area contributed by atoms with Gasteiger partial charge in [-0.15, -0.1) is 11.3 Å². The number of halogens is 5. The van der Waals surface area contributed by atoms with Crippen molar-refractivity contribution in [3.63, 3.8) is 0 Å². The zero-order valence-electron chi connectivity index (χ0n) is 19.6. The Hall–Kier alpha value is -3.22. The second-order valence-electron chi connectivity index (χ2n) is 9.00. The maximum Gasteiger partial charge on any atom is 0.416 e. The number of aromatic nitrogens is 4. The van der Waals surface area contributed by atoms with Crippen molar-refractivity contribution in [1.29, 1.82) is 0 Å². The molecule has 1 N–H and O–H groups in total. The number of fused-ring (bicyclic) bond motifs is 1. The fraction of sp³-hybridized carbons (Fsp3) is 0.320. The third-order valence-electron chi connectivity index (χ3n) is 6.73. The number of hydrogen-bond acceptors (Lipinski definition) is 6. The van der Waals surface area contributed by atoms with Gasteiger partial charge in [-0.25, -0.2) is 23.4 Å². The lowest BCUT2D eigenvalue weighted by atomic mass is 9.85. The van der Waals surface area contributed by atoms with Crippen LogP contribution in [-0.4, -0.2) is 42.3 Å². The number of benzene rings is 2. The van der Waals surface area contributed by atoms with Gasteiger partial charge in [0.2, 0.25) is 0 Å². The van der Waals surface area contributed by atoms with Crippen molar-refractivity contribution in [3.05, 3.63) is 88.5 Å². The van der Waals surface area contributed by atoms with Crippen molar-refractivity contribution < 1.29 is 27.1 Å². The molecule has 2 unspecified atom stereocenters. The molecule has 4 aromatic rings. The maximum absolute atomic E-state index is 14.9. The van der Waals surface area contributed by atoms with E-state index < -0.39 is 35.0 Å². The summed E-state index contributed by atoms with van der Waals surface area (Å²) < 4.78 is 68.7. The molecule has 0 saturated carbocycles. The predicted octanol–water partition coefficient (Wildman–Crippen LogP) is 5.03. The van der Waals surface area contributed by atoms with Crippen molar-refractivity contribution in [3.8, 4) is 10.6 Å². The Balaban J connectivity index is 1.42. The molecule has 3 heterocycles. The van der Waals surface area contributed by atoms with E-state index in [2.05, 4.69) is 15.1 Å². The number of nitrogens with zero attached hydrogens (tertiary/aromatic N) is 5. The molecule has 194 valence electrons. The van der Waals surface area contributed by atoms with Crippen LogP contribution < -0.4 is 0 Å². The van der Waals surface area contributed by atoms with Gasteiger partial charge in [-0.3, -0.25) is 4.90 Å². The average Bonchev–Trinajstić information content (AvgIpc) is 3.52. The number of rotatable bonds is 6. The number of hydrogen-bond donors (Lipinski definition) is 1. The molecule has 1 aliphatic rings. The minimum Gasteiger partial charge on any atom is -0.381 e. The highest BCUT2D eigenvalue weighted by molar-refractivity contribution is 7.15. The molecule has 6 nitrogen and oxygen atoms in total. The largest absolute Gasteiger partial charge is 0.416 e. The molecule has 0 amide bonds. The molecule has 5 rings (SSSR count). The third-order valence-corrected chi connectivity index (χ3v) is 7.86. The van der Waals surface area contributed by atoms with Gasteiger partial charge >= 0.3 is 6.18 Å². The molecule has 2 aromatic heterocycles. The van der Waals surface area contributed by atoms with E-state index in [0.29, 0.717) is 30.1 Å². The molecule has 0 spiro atoms. The van der Waals surface area contributed by atoms with Gasteiger partial charge in [0.25, 0.3) is 0 Å². The van der Waals surface area contributed by atoms with Gasteiger partial charge < -0.3 is 5.11 Å². The molecule has 0 radical (unpaired) electrons. The fourth-order valence-corrected chi connectivity index (χ4v) is 5.76. The van der Waals surface area contributed by atoms with E-state index in [-0.39, 0.29) is 12.1 Å². The average molecular weight is 536 g/mol. The summed E-state index contributed by atoms with van der Waals surface area (Å²) in [5.41, 5.74) is -1.13. The second-order valence-corrected chi connectivity index (χ2v) is 10.1. The van der Waals surface area contributed by atoms with Crippen LogP contribution in [0.25, 0.3) is 10.6 Å². The highest BCUT2D eigenvalue weighted by Crippen LogP contribution is 2.38. The van der Waals surface area contributed by atoms with Crippen LogP contribution in [0, 0.1) is 11.6 Å². The minimum atomic E-state index is -4.41. The normalized spacial score (nSPS) is 16.8. The monoisotopic (exact) mass is 535 g/mol. The number of thiazole rings is 1. The van der Waals surface area contributed by atoms with E-state index in [0.717, 1.165) is 34.8 Å². The SMILES string of the molecule is CC(N1CCc2nc(-c3ccc(C(F)(F)F)cc3)sc2C1)C(O)(Cn1cncn1)c1ccc(F)cc1F. The minimum absolute atomic E-state index is 0.0579. The lowest BCUT2D eigenvalue weighted by molar-refractivity contribution is -0.137. The van der Waals surface area contributed by atoms with Crippen LogP contribution in [-0.2, 0) is 31.3 Å². The van der Waals surface area contributed by atoms with E-state index >= 15 is 0 Å². The molecule has 0 saturated heterocycles. The Labute approximate surface area is 213 Å². The Morgan fingerprint density at radius 2 is 1.86 bits per heavy atom. The standard InChI is InChI=1S/C25H22F5N5OS/c1-15(24(36,12-35-14-31-13-32-35)19-7-6-18(26)10-20(19)27)34-9-8-21-22(11-34)37-23(33-21)16-2-4-17(5-3-16)25(28,29)30/h2-7,10,13-15,36H,8-9,11-12H2,1H3. The summed E-state index contributed by atoms with van der Waals surface area (Å²) in [7, 11) is 0. The molecule has 0 fully saturated rings. The van der Waals surface area contributed by atoms with Crippen molar-refractivity contribution in [2.75, 3.05) is 6.54 Å². The maximum atomic E-state index is 14.9. The molecule has 2 aromatic carbocycles. The first kappa shape index (κ1) is 25.4. The highest BCUT2D eigenvalue weighted by Gasteiger charge is 2.43. The lowest BCUT2D eigenvalue weighted by Crippen LogP contribution is -2.53. The lowest BCUT2D eigenvalue weighted by Gasteiger charge is -2.42. The highest BCUT2D eigenvalue weighted by atomic mass is 32.1. The van der Waals surface area contributed by atoms with Gasteiger partial charge in [-0.05, 0) is 25.1 Å². The van der Waals surface area contributed by atoms with Crippen LogP contribution in [0.4, 0.5) is 22.0 Å². The van der Waals surface area contributed by atoms with Gasteiger partial charge in [0.05, 0.1) is 17.8 Å². The van der Waals surface area contributed by atoms with Gasteiger partial charge in [0.1, 0.15) is 34.9 Å². The molecule has 0 aliphatic carbocycles. The Bertz CT molecular complexity index is 1390. The van der Waals surface area contributed by atoms with Crippen LogP contribution in [0.5, 0.6) is 0 Å². The van der Waals surface area contributed by atoms with Gasteiger partial charge in [-0.1, -0.05) is 18.2 Å². The molecular weight excluding hydrogens is 513 g/mol. The summed E-state index contributed by atoms with van der Waals surface area (Å²) in [6.07, 6.45) is -1.15. The van der Waals surface area contributed by atoms with Gasteiger partial charge in [-0.2, -0.15) is 18.3 Å². The second kappa shape index (κ2) is 9.58. The van der Waals surface area contributed by atoms with Crippen LogP contribution in [0.15, 0.2) is 55.1 Å². The van der Waals surface area contributed by atoms with E-state index in [1.807, 2.05) is 4.90 Å². The molecule has 0 bridgehead atoms. The number of aliphatic hydroxyl groups is 1. The fourth-order valence-electron chi connectivity index (χ4n) is 4.62. The quantitative estimate of drug-likeness (QED) is 0.351. The van der Waals surface area contributed by atoms with Crippen LogP contribution in [0.3, 0.4) is 0 Å². The van der Waals surface area contributed by atoms with Gasteiger partial charge in [0.15, 0.2) is 0 Å². The van der Waals surface area contributed by atoms with Crippen molar-refractivity contribution >= 4 is 11.3 Å². The van der Waals surface area contributed by atoms with E-state index in [1.165, 1.54) is 46.9 Å². The first-order valence-corrected chi connectivity index (χ1v) is 12.3. The third kappa shape index (κ3) is 5.00. The Morgan fingerprint density at radius 3 is 2.51 bits per heavy atom. The van der Waals surface area contributed by atoms with E-state index in [4.69, 9.17) is 0 Å². The van der Waals surface area contributed by atoms with Crippen LogP contribution in [0.2, 0.25) is 0 Å². The number of alkyl halides is 3. The van der Waals surface area contributed by atoms with Crippen molar-refractivity contribution in [1.82, 2.24) is 24.6 Å². The van der Waals surface area contributed by atoms with E-state index in [1.54, 1.807) is 6.92 Å². The topological polar surface area (TPSA) is 67.1 Å². The summed E-state index contributed by atoms with van der Waals surface area (Å²) in [5.74, 6) is -1.62. The first-order valence-electron chi connectivity index (χ1n) is 11.4. The Morgan fingerprint density at radius 1 is 1.11 bits per heavy atom. The molecular formula is C25H22F5N5OS. The zero-order valence-corrected chi connectivity index (χ0v) is 20.4. The smallest absolute Gasteiger partial charge is 0.381 e. The summed E-state index contributed by atoms with van der Waals surface area (Å²) in [6, 6.07) is 7.33. The summed E-state index contributed by atoms with van der Waals surface area (Å²) in [4.78, 5) is 11.4. The molecule has 12 heteroatoms. The van der Waals surface area contributed by atoms with Crippen LogP contribution >= 0.6 is 11.3 Å².